The number of aryl methyl sites for hydroxylation is 1. The van der Waals surface area contributed by atoms with E-state index in [1.54, 1.807) is 6.07 Å². The van der Waals surface area contributed by atoms with Gasteiger partial charge in [-0.25, -0.2) is 9.97 Å². The third kappa shape index (κ3) is 5.11. The van der Waals surface area contributed by atoms with Crippen molar-refractivity contribution in [3.05, 3.63) is 35.1 Å². The van der Waals surface area contributed by atoms with Crippen LogP contribution in [0, 0.1) is 6.92 Å². The van der Waals surface area contributed by atoms with E-state index in [9.17, 15) is 5.11 Å². The van der Waals surface area contributed by atoms with E-state index in [2.05, 4.69) is 29.9 Å². The summed E-state index contributed by atoms with van der Waals surface area (Å²) in [4.78, 5) is 9.39. The Bertz CT molecular complexity index is 1100. The summed E-state index contributed by atoms with van der Waals surface area (Å²) in [6.45, 7) is 10.1. The van der Waals surface area contributed by atoms with E-state index in [0.29, 0.717) is 30.4 Å². The molecule has 0 aliphatic heterocycles. The van der Waals surface area contributed by atoms with Gasteiger partial charge in [0.2, 0.25) is 5.95 Å². The van der Waals surface area contributed by atoms with Crippen LogP contribution in [0.5, 0.6) is 5.75 Å². The highest BCUT2D eigenvalue weighted by Gasteiger charge is 2.20. The first kappa shape index (κ1) is 23.1. The quantitative estimate of drug-likeness (QED) is 0.292. The summed E-state index contributed by atoms with van der Waals surface area (Å²) in [5.74, 6) is 0.727. The lowest BCUT2D eigenvalue weighted by Crippen LogP contribution is -2.21. The number of rotatable bonds is 8. The Balaban J connectivity index is 1.69. The zero-order valence-corrected chi connectivity index (χ0v) is 21.2. The van der Waals surface area contributed by atoms with Crippen molar-refractivity contribution in [3.63, 3.8) is 0 Å². The lowest BCUT2D eigenvalue weighted by Gasteiger charge is -2.16. The maximum absolute atomic E-state index is 10.2. The minimum Gasteiger partial charge on any atom is -0.506 e. The SMILES string of the molecule is Cc1cnc(NC2CCCC2)nc1-c1cn(COCC[Si](C)(C)C)c2c(Cl)c(O)ccc12. The van der Waals surface area contributed by atoms with Crippen LogP contribution >= 0.6 is 11.6 Å². The Labute approximate surface area is 196 Å². The van der Waals surface area contributed by atoms with E-state index in [-0.39, 0.29) is 5.75 Å². The molecule has 0 bridgehead atoms. The number of nitrogens with zero attached hydrogens (tertiary/aromatic N) is 3. The molecule has 1 saturated carbocycles. The maximum Gasteiger partial charge on any atom is 0.223 e. The normalized spacial score (nSPS) is 15.0. The third-order valence-corrected chi connectivity index (χ3v) is 8.18. The zero-order valence-electron chi connectivity index (χ0n) is 19.4. The summed E-state index contributed by atoms with van der Waals surface area (Å²) < 4.78 is 7.98. The van der Waals surface area contributed by atoms with Crippen LogP contribution < -0.4 is 5.32 Å². The van der Waals surface area contributed by atoms with Gasteiger partial charge in [-0.2, -0.15) is 0 Å². The highest BCUT2D eigenvalue weighted by Crippen LogP contribution is 2.39. The highest BCUT2D eigenvalue weighted by atomic mass is 35.5. The molecule has 2 heterocycles. The molecule has 0 atom stereocenters. The molecule has 0 radical (unpaired) electrons. The molecule has 1 aliphatic rings. The van der Waals surface area contributed by atoms with E-state index >= 15 is 0 Å². The van der Waals surface area contributed by atoms with E-state index in [0.717, 1.165) is 46.6 Å². The van der Waals surface area contributed by atoms with Crippen molar-refractivity contribution in [3.8, 4) is 17.0 Å². The van der Waals surface area contributed by atoms with Gasteiger partial charge < -0.3 is 19.7 Å². The van der Waals surface area contributed by atoms with Crippen molar-refractivity contribution in [1.82, 2.24) is 14.5 Å². The van der Waals surface area contributed by atoms with Gasteiger partial charge in [0, 0.05) is 44.1 Å². The number of ether oxygens (including phenoxy) is 1. The van der Waals surface area contributed by atoms with Crippen LogP contribution in [0.15, 0.2) is 24.5 Å². The number of hydrogen-bond donors (Lipinski definition) is 2. The first-order chi connectivity index (χ1) is 15.2. The Hall–Kier alpha value is -2.09. The number of nitrogens with one attached hydrogen (secondary N) is 1. The second kappa shape index (κ2) is 9.41. The fraction of sp³-hybridized carbons (Fsp3) is 0.500. The Morgan fingerprint density at radius 3 is 2.72 bits per heavy atom. The Morgan fingerprint density at radius 1 is 1.25 bits per heavy atom. The fourth-order valence-corrected chi connectivity index (χ4v) is 5.24. The lowest BCUT2D eigenvalue weighted by molar-refractivity contribution is 0.0903. The predicted octanol–water partition coefficient (Wildman–Crippen LogP) is 6.43. The highest BCUT2D eigenvalue weighted by molar-refractivity contribution is 6.76. The number of aromatic nitrogens is 3. The molecule has 0 amide bonds. The standard InChI is InChI=1S/C24H33ClN4O2Si/c1-16-13-26-24(27-17-7-5-6-8-17)28-22(16)19-14-29(15-31-11-12-32(2,3)4)23-18(19)9-10-20(30)21(23)25/h9-10,13-14,17,30H,5-8,11-12,15H2,1-4H3,(H,26,27,28). The Kier molecular flexibility index (Phi) is 6.79. The lowest BCUT2D eigenvalue weighted by atomic mass is 10.1. The molecule has 1 aliphatic carbocycles. The molecule has 172 valence electrons. The number of fused-ring (bicyclic) bond motifs is 1. The molecule has 6 nitrogen and oxygen atoms in total. The van der Waals surface area contributed by atoms with Crippen LogP contribution in [-0.4, -0.2) is 40.4 Å². The second-order valence-electron chi connectivity index (χ2n) is 10.0. The molecule has 4 rings (SSSR count). The average Bonchev–Trinajstić information content (AvgIpc) is 3.37. The smallest absolute Gasteiger partial charge is 0.223 e. The summed E-state index contributed by atoms with van der Waals surface area (Å²) in [5.41, 5.74) is 3.58. The van der Waals surface area contributed by atoms with Gasteiger partial charge in [0.15, 0.2) is 0 Å². The van der Waals surface area contributed by atoms with E-state index in [4.69, 9.17) is 21.3 Å². The zero-order chi connectivity index (χ0) is 22.9. The van der Waals surface area contributed by atoms with Crippen molar-refractivity contribution >= 4 is 36.5 Å². The molecule has 2 aromatic heterocycles. The average molecular weight is 473 g/mol. The number of halogens is 1. The van der Waals surface area contributed by atoms with Crippen LogP contribution in [0.4, 0.5) is 5.95 Å². The second-order valence-corrected chi connectivity index (χ2v) is 16.0. The van der Waals surface area contributed by atoms with Gasteiger partial charge in [-0.05, 0) is 43.5 Å². The maximum atomic E-state index is 10.2. The number of benzene rings is 1. The third-order valence-electron chi connectivity index (χ3n) is 6.10. The van der Waals surface area contributed by atoms with Gasteiger partial charge in [-0.15, -0.1) is 0 Å². The van der Waals surface area contributed by atoms with Crippen LogP contribution in [0.2, 0.25) is 30.7 Å². The molecular weight excluding hydrogens is 440 g/mol. The summed E-state index contributed by atoms with van der Waals surface area (Å²) in [6.07, 6.45) is 8.73. The summed E-state index contributed by atoms with van der Waals surface area (Å²) >= 11 is 6.54. The number of aromatic hydroxyl groups is 1. The van der Waals surface area contributed by atoms with Gasteiger partial charge >= 0.3 is 0 Å². The fourth-order valence-electron chi connectivity index (χ4n) is 4.21. The van der Waals surface area contributed by atoms with Crippen molar-refractivity contribution in [2.24, 2.45) is 0 Å². The van der Waals surface area contributed by atoms with Gasteiger partial charge in [0.05, 0.1) is 11.2 Å². The minimum absolute atomic E-state index is 0.0650. The molecule has 0 spiro atoms. The van der Waals surface area contributed by atoms with Gasteiger partial charge in [0.1, 0.15) is 17.5 Å². The first-order valence-electron chi connectivity index (χ1n) is 11.4. The number of hydrogen-bond acceptors (Lipinski definition) is 5. The molecule has 1 aromatic carbocycles. The van der Waals surface area contributed by atoms with E-state index in [1.807, 2.05) is 30.0 Å². The molecule has 0 unspecified atom stereocenters. The number of phenols is 1. The molecule has 8 heteroatoms. The van der Waals surface area contributed by atoms with Crippen LogP contribution in [-0.2, 0) is 11.5 Å². The monoisotopic (exact) mass is 472 g/mol. The molecule has 2 N–H and O–H groups in total. The topological polar surface area (TPSA) is 72.2 Å². The van der Waals surface area contributed by atoms with Gasteiger partial charge in [-0.1, -0.05) is 44.1 Å². The van der Waals surface area contributed by atoms with Crippen molar-refractivity contribution < 1.29 is 9.84 Å². The van der Waals surface area contributed by atoms with Crippen LogP contribution in [0.1, 0.15) is 31.2 Å². The largest absolute Gasteiger partial charge is 0.506 e. The van der Waals surface area contributed by atoms with Crippen molar-refractivity contribution in [2.45, 2.75) is 71.1 Å². The van der Waals surface area contributed by atoms with Crippen molar-refractivity contribution in [2.75, 3.05) is 11.9 Å². The number of phenolic OH excluding ortho intramolecular Hbond substituents is 1. The first-order valence-corrected chi connectivity index (χ1v) is 15.5. The van der Waals surface area contributed by atoms with E-state index < -0.39 is 8.07 Å². The summed E-state index contributed by atoms with van der Waals surface area (Å²) in [7, 11) is -1.17. The summed E-state index contributed by atoms with van der Waals surface area (Å²) in [6, 6.07) is 5.08. The van der Waals surface area contributed by atoms with Gasteiger partial charge in [-0.3, -0.25) is 0 Å². The van der Waals surface area contributed by atoms with Crippen LogP contribution in [0.25, 0.3) is 22.2 Å². The van der Waals surface area contributed by atoms with E-state index in [1.165, 1.54) is 12.8 Å². The number of anilines is 1. The Morgan fingerprint density at radius 2 is 2.00 bits per heavy atom. The van der Waals surface area contributed by atoms with Crippen molar-refractivity contribution in [1.29, 1.82) is 0 Å². The van der Waals surface area contributed by atoms with Crippen LogP contribution in [0.3, 0.4) is 0 Å². The molecule has 3 aromatic rings. The minimum atomic E-state index is -1.17. The molecular formula is C24H33ClN4O2Si. The predicted molar refractivity (Wildman–Crippen MR) is 134 cm³/mol. The molecule has 0 saturated heterocycles. The molecule has 32 heavy (non-hydrogen) atoms. The molecule has 1 fully saturated rings. The van der Waals surface area contributed by atoms with Gasteiger partial charge in [0.25, 0.3) is 0 Å². The summed E-state index contributed by atoms with van der Waals surface area (Å²) in [5, 5.41) is 15.0.